The van der Waals surface area contributed by atoms with E-state index < -0.39 is 0 Å². The fourth-order valence-corrected chi connectivity index (χ4v) is 2.01. The van der Waals surface area contributed by atoms with Gasteiger partial charge in [-0.3, -0.25) is 9.78 Å². The lowest BCUT2D eigenvalue weighted by molar-refractivity contribution is 0.605. The number of hydrogen-bond donors (Lipinski definition) is 2. The number of H-pyrrole nitrogens is 1. The van der Waals surface area contributed by atoms with Gasteiger partial charge in [-0.1, -0.05) is 39.0 Å². The molecule has 0 aliphatic heterocycles. The first-order valence-electron chi connectivity index (χ1n) is 6.50. The third-order valence-corrected chi connectivity index (χ3v) is 3.02. The van der Waals surface area contributed by atoms with Gasteiger partial charge in [0.2, 0.25) is 5.95 Å². The number of nitrogens with zero attached hydrogens (tertiary/aromatic N) is 1. The number of rotatable bonds is 7. The summed E-state index contributed by atoms with van der Waals surface area (Å²) in [6.07, 6.45) is 8.17. The van der Waals surface area contributed by atoms with Crippen LogP contribution in [-0.4, -0.2) is 9.97 Å². The van der Waals surface area contributed by atoms with E-state index in [0.717, 1.165) is 24.1 Å². The summed E-state index contributed by atoms with van der Waals surface area (Å²) < 4.78 is 0. The van der Waals surface area contributed by atoms with Gasteiger partial charge in [-0.05, 0) is 19.8 Å². The second-order valence-electron chi connectivity index (χ2n) is 4.53. The van der Waals surface area contributed by atoms with Crippen LogP contribution in [0.2, 0.25) is 0 Å². The van der Waals surface area contributed by atoms with Gasteiger partial charge < -0.3 is 5.73 Å². The summed E-state index contributed by atoms with van der Waals surface area (Å²) >= 11 is 0. The number of anilines is 1. The van der Waals surface area contributed by atoms with Crippen LogP contribution >= 0.6 is 0 Å². The molecule has 0 fully saturated rings. The zero-order valence-electron chi connectivity index (χ0n) is 10.9. The standard InChI is InChI=1S/C13H23N3O/c1-3-4-5-6-7-8-9-11-10(2)15-13(14)16-12(11)17/h3-9H2,1-2H3,(H3,14,15,16,17). The van der Waals surface area contributed by atoms with Crippen molar-refractivity contribution >= 4 is 5.95 Å². The van der Waals surface area contributed by atoms with Crippen LogP contribution in [-0.2, 0) is 6.42 Å². The predicted molar refractivity (Wildman–Crippen MR) is 71.1 cm³/mol. The average Bonchev–Trinajstić information content (AvgIpc) is 2.26. The molecule has 1 heterocycles. The van der Waals surface area contributed by atoms with E-state index >= 15 is 0 Å². The van der Waals surface area contributed by atoms with Gasteiger partial charge in [-0.15, -0.1) is 0 Å². The maximum Gasteiger partial charge on any atom is 0.255 e. The molecule has 0 aliphatic rings. The molecule has 0 saturated heterocycles. The van der Waals surface area contributed by atoms with Crippen LogP contribution < -0.4 is 11.3 Å². The average molecular weight is 237 g/mol. The summed E-state index contributed by atoms with van der Waals surface area (Å²) in [5, 5.41) is 0. The van der Waals surface area contributed by atoms with Crippen LogP contribution in [0.1, 0.15) is 56.7 Å². The second-order valence-corrected chi connectivity index (χ2v) is 4.53. The highest BCUT2D eigenvalue weighted by atomic mass is 16.1. The van der Waals surface area contributed by atoms with Crippen LogP contribution in [0.5, 0.6) is 0 Å². The molecule has 0 amide bonds. The highest BCUT2D eigenvalue weighted by Gasteiger charge is 2.06. The fourth-order valence-electron chi connectivity index (χ4n) is 2.01. The van der Waals surface area contributed by atoms with Gasteiger partial charge in [-0.25, -0.2) is 4.98 Å². The van der Waals surface area contributed by atoms with Gasteiger partial charge in [0.25, 0.3) is 5.56 Å². The Balaban J connectivity index is 2.39. The molecule has 1 aromatic rings. The molecule has 4 nitrogen and oxygen atoms in total. The van der Waals surface area contributed by atoms with E-state index in [4.69, 9.17) is 5.73 Å². The Labute approximate surface area is 103 Å². The summed E-state index contributed by atoms with van der Waals surface area (Å²) in [6.45, 7) is 4.06. The van der Waals surface area contributed by atoms with E-state index in [2.05, 4.69) is 16.9 Å². The van der Waals surface area contributed by atoms with Crippen molar-refractivity contribution in [1.29, 1.82) is 0 Å². The lowest BCUT2D eigenvalue weighted by atomic mass is 10.1. The van der Waals surface area contributed by atoms with Crippen molar-refractivity contribution < 1.29 is 0 Å². The summed E-state index contributed by atoms with van der Waals surface area (Å²) in [7, 11) is 0. The summed E-state index contributed by atoms with van der Waals surface area (Å²) in [4.78, 5) is 18.3. The van der Waals surface area contributed by atoms with Crippen LogP contribution in [0.15, 0.2) is 4.79 Å². The first-order valence-corrected chi connectivity index (χ1v) is 6.50. The molecule has 0 atom stereocenters. The maximum absolute atomic E-state index is 11.7. The molecule has 17 heavy (non-hydrogen) atoms. The van der Waals surface area contributed by atoms with Gasteiger partial charge in [0, 0.05) is 11.3 Å². The highest BCUT2D eigenvalue weighted by molar-refractivity contribution is 5.24. The summed E-state index contributed by atoms with van der Waals surface area (Å²) in [6, 6.07) is 0. The quantitative estimate of drug-likeness (QED) is 0.716. The number of aromatic amines is 1. The van der Waals surface area contributed by atoms with Gasteiger partial charge in [0.1, 0.15) is 0 Å². The molecule has 3 N–H and O–H groups in total. The van der Waals surface area contributed by atoms with E-state index in [1.54, 1.807) is 0 Å². The van der Waals surface area contributed by atoms with Crippen LogP contribution in [0.4, 0.5) is 5.95 Å². The first-order chi connectivity index (χ1) is 8.15. The molecule has 0 radical (unpaired) electrons. The second kappa shape index (κ2) is 7.09. The lowest BCUT2D eigenvalue weighted by Crippen LogP contribution is -2.18. The molecule has 0 aromatic carbocycles. The molecule has 0 bridgehead atoms. The van der Waals surface area contributed by atoms with Crippen molar-refractivity contribution in [1.82, 2.24) is 9.97 Å². The number of nitrogen functional groups attached to an aromatic ring is 1. The normalized spacial score (nSPS) is 10.7. The molecular weight excluding hydrogens is 214 g/mol. The van der Waals surface area contributed by atoms with Crippen molar-refractivity contribution in [3.8, 4) is 0 Å². The van der Waals surface area contributed by atoms with E-state index in [1.165, 1.54) is 32.1 Å². The molecule has 0 saturated carbocycles. The SMILES string of the molecule is CCCCCCCCc1c(C)nc(N)[nH]c1=O. The Bertz CT molecular complexity index is 398. The Kier molecular flexibility index (Phi) is 5.73. The van der Waals surface area contributed by atoms with Gasteiger partial charge >= 0.3 is 0 Å². The Morgan fingerprint density at radius 2 is 1.82 bits per heavy atom. The van der Waals surface area contributed by atoms with Gasteiger partial charge in [-0.2, -0.15) is 0 Å². The van der Waals surface area contributed by atoms with E-state index in [1.807, 2.05) is 6.92 Å². The third kappa shape index (κ3) is 4.59. The molecule has 0 aliphatic carbocycles. The van der Waals surface area contributed by atoms with E-state index in [0.29, 0.717) is 0 Å². The number of unbranched alkanes of at least 4 members (excludes halogenated alkanes) is 5. The zero-order chi connectivity index (χ0) is 12.7. The third-order valence-electron chi connectivity index (χ3n) is 3.02. The monoisotopic (exact) mass is 237 g/mol. The topological polar surface area (TPSA) is 71.8 Å². The molecule has 4 heteroatoms. The number of nitrogens with two attached hydrogens (primary N) is 1. The predicted octanol–water partition coefficient (Wildman–Crippen LogP) is 2.56. The molecule has 96 valence electrons. The van der Waals surface area contributed by atoms with Crippen LogP contribution in [0.25, 0.3) is 0 Å². The Morgan fingerprint density at radius 1 is 1.18 bits per heavy atom. The Morgan fingerprint density at radius 3 is 2.47 bits per heavy atom. The number of aromatic nitrogens is 2. The van der Waals surface area contributed by atoms with Crippen molar-refractivity contribution in [2.75, 3.05) is 5.73 Å². The van der Waals surface area contributed by atoms with Crippen molar-refractivity contribution in [2.24, 2.45) is 0 Å². The molecular formula is C13H23N3O. The first kappa shape index (κ1) is 13.7. The minimum atomic E-state index is -0.0800. The molecule has 0 unspecified atom stereocenters. The fraction of sp³-hybridized carbons (Fsp3) is 0.692. The van der Waals surface area contributed by atoms with Gasteiger partial charge in [0.15, 0.2) is 0 Å². The minimum absolute atomic E-state index is 0.0800. The zero-order valence-corrected chi connectivity index (χ0v) is 10.9. The highest BCUT2D eigenvalue weighted by Crippen LogP contribution is 2.09. The van der Waals surface area contributed by atoms with Crippen molar-refractivity contribution in [2.45, 2.75) is 58.8 Å². The smallest absolute Gasteiger partial charge is 0.255 e. The minimum Gasteiger partial charge on any atom is -0.369 e. The molecule has 1 aromatic heterocycles. The van der Waals surface area contributed by atoms with Crippen molar-refractivity contribution in [3.05, 3.63) is 21.6 Å². The molecule has 0 spiro atoms. The lowest BCUT2D eigenvalue weighted by Gasteiger charge is -2.04. The molecule has 1 rings (SSSR count). The van der Waals surface area contributed by atoms with E-state index in [-0.39, 0.29) is 11.5 Å². The number of aryl methyl sites for hydroxylation is 1. The summed E-state index contributed by atoms with van der Waals surface area (Å²) in [5.74, 6) is 0.208. The van der Waals surface area contributed by atoms with Crippen molar-refractivity contribution in [3.63, 3.8) is 0 Å². The number of hydrogen-bond acceptors (Lipinski definition) is 3. The van der Waals surface area contributed by atoms with Crippen LogP contribution in [0.3, 0.4) is 0 Å². The van der Waals surface area contributed by atoms with E-state index in [9.17, 15) is 4.79 Å². The maximum atomic E-state index is 11.7. The number of nitrogens with one attached hydrogen (secondary N) is 1. The van der Waals surface area contributed by atoms with Gasteiger partial charge in [0.05, 0.1) is 0 Å². The Hall–Kier alpha value is -1.32. The van der Waals surface area contributed by atoms with Crippen LogP contribution in [0, 0.1) is 6.92 Å². The summed E-state index contributed by atoms with van der Waals surface area (Å²) in [5.41, 5.74) is 6.94. The largest absolute Gasteiger partial charge is 0.369 e.